The molecular formula is C18H20N2O3. The molecule has 0 bridgehead atoms. The van der Waals surface area contributed by atoms with Crippen molar-refractivity contribution in [3.63, 3.8) is 0 Å². The van der Waals surface area contributed by atoms with Gasteiger partial charge in [0, 0.05) is 12.2 Å². The molecule has 0 aliphatic carbocycles. The summed E-state index contributed by atoms with van der Waals surface area (Å²) in [6, 6.07) is 16.3. The number of amides is 2. The largest absolute Gasteiger partial charge is 0.462 e. The maximum atomic E-state index is 11.9. The van der Waals surface area contributed by atoms with E-state index in [4.69, 9.17) is 4.74 Å². The maximum Gasteiger partial charge on any atom is 0.338 e. The van der Waals surface area contributed by atoms with Crippen molar-refractivity contribution < 1.29 is 14.3 Å². The van der Waals surface area contributed by atoms with Crippen LogP contribution in [0.25, 0.3) is 0 Å². The Balaban J connectivity index is 1.83. The smallest absolute Gasteiger partial charge is 0.338 e. The Bertz CT molecular complexity index is 656. The summed E-state index contributed by atoms with van der Waals surface area (Å²) in [5.41, 5.74) is 2.12. The molecule has 2 N–H and O–H groups in total. The number of anilines is 1. The lowest BCUT2D eigenvalue weighted by Gasteiger charge is -2.09. The van der Waals surface area contributed by atoms with E-state index in [1.807, 2.05) is 30.3 Å². The molecule has 2 aromatic carbocycles. The zero-order valence-electron chi connectivity index (χ0n) is 13.0. The van der Waals surface area contributed by atoms with Gasteiger partial charge in [0.15, 0.2) is 0 Å². The molecule has 0 atom stereocenters. The van der Waals surface area contributed by atoms with Gasteiger partial charge >= 0.3 is 12.0 Å². The van der Waals surface area contributed by atoms with Crippen molar-refractivity contribution in [3.05, 3.63) is 65.7 Å². The van der Waals surface area contributed by atoms with Crippen molar-refractivity contribution in [1.82, 2.24) is 5.32 Å². The van der Waals surface area contributed by atoms with Crippen LogP contribution in [0.3, 0.4) is 0 Å². The van der Waals surface area contributed by atoms with Gasteiger partial charge in [0.25, 0.3) is 0 Å². The number of hydrogen-bond donors (Lipinski definition) is 2. The molecule has 0 radical (unpaired) electrons. The highest BCUT2D eigenvalue weighted by atomic mass is 16.5. The van der Waals surface area contributed by atoms with Crippen LogP contribution in [0, 0.1) is 0 Å². The standard InChI is InChI=1S/C18H20N2O3/c1-2-23-17(21)15-9-6-10-16(13-15)20-18(22)19-12-11-14-7-4-3-5-8-14/h3-10,13H,2,11-12H2,1H3,(H2,19,20,22). The fourth-order valence-electron chi connectivity index (χ4n) is 2.08. The molecular weight excluding hydrogens is 292 g/mol. The van der Waals surface area contributed by atoms with Gasteiger partial charge < -0.3 is 15.4 Å². The molecule has 0 saturated heterocycles. The fraction of sp³-hybridized carbons (Fsp3) is 0.222. The van der Waals surface area contributed by atoms with Crippen LogP contribution in [0.2, 0.25) is 0 Å². The van der Waals surface area contributed by atoms with E-state index in [1.54, 1.807) is 31.2 Å². The summed E-state index contributed by atoms with van der Waals surface area (Å²) >= 11 is 0. The van der Waals surface area contributed by atoms with Crippen LogP contribution in [-0.4, -0.2) is 25.2 Å². The first-order valence-corrected chi connectivity index (χ1v) is 7.55. The van der Waals surface area contributed by atoms with Crippen LogP contribution in [0.5, 0.6) is 0 Å². The summed E-state index contributed by atoms with van der Waals surface area (Å²) in [7, 11) is 0. The Labute approximate surface area is 135 Å². The minimum absolute atomic E-state index is 0.304. The molecule has 120 valence electrons. The second kappa shape index (κ2) is 8.58. The molecule has 0 aromatic heterocycles. The Kier molecular flexibility index (Phi) is 6.17. The topological polar surface area (TPSA) is 67.4 Å². The number of rotatable bonds is 6. The average molecular weight is 312 g/mol. The number of carbonyl (C=O) groups excluding carboxylic acids is 2. The Morgan fingerprint density at radius 3 is 2.57 bits per heavy atom. The summed E-state index contributed by atoms with van der Waals surface area (Å²) < 4.78 is 4.93. The van der Waals surface area contributed by atoms with Gasteiger partial charge in [-0.1, -0.05) is 36.4 Å². The summed E-state index contributed by atoms with van der Waals surface area (Å²) in [4.78, 5) is 23.5. The minimum atomic E-state index is -0.402. The third-order valence-corrected chi connectivity index (χ3v) is 3.17. The molecule has 0 spiro atoms. The molecule has 0 unspecified atom stereocenters. The van der Waals surface area contributed by atoms with Crippen LogP contribution < -0.4 is 10.6 Å². The van der Waals surface area contributed by atoms with Crippen molar-refractivity contribution in [1.29, 1.82) is 0 Å². The molecule has 23 heavy (non-hydrogen) atoms. The van der Waals surface area contributed by atoms with Gasteiger partial charge in [0.05, 0.1) is 12.2 Å². The molecule has 2 amide bonds. The molecule has 2 rings (SSSR count). The number of hydrogen-bond acceptors (Lipinski definition) is 3. The third kappa shape index (κ3) is 5.47. The van der Waals surface area contributed by atoms with Gasteiger partial charge in [-0.15, -0.1) is 0 Å². The molecule has 0 aliphatic heterocycles. The van der Waals surface area contributed by atoms with Crippen LogP contribution in [0.4, 0.5) is 10.5 Å². The molecule has 5 heteroatoms. The average Bonchev–Trinajstić information content (AvgIpc) is 2.56. The first-order chi connectivity index (χ1) is 11.2. The normalized spacial score (nSPS) is 9.96. The predicted octanol–water partition coefficient (Wildman–Crippen LogP) is 3.23. The molecule has 0 fully saturated rings. The first-order valence-electron chi connectivity index (χ1n) is 7.55. The number of urea groups is 1. The number of ether oxygens (including phenoxy) is 1. The van der Waals surface area contributed by atoms with Gasteiger partial charge in [-0.25, -0.2) is 9.59 Å². The first kappa shape index (κ1) is 16.5. The molecule has 5 nitrogen and oxygen atoms in total. The van der Waals surface area contributed by atoms with Gasteiger partial charge in [-0.3, -0.25) is 0 Å². The van der Waals surface area contributed by atoms with Gasteiger partial charge in [-0.05, 0) is 37.1 Å². The van der Waals surface area contributed by atoms with E-state index in [9.17, 15) is 9.59 Å². The highest BCUT2D eigenvalue weighted by molar-refractivity contribution is 5.93. The molecule has 2 aromatic rings. The van der Waals surface area contributed by atoms with Crippen molar-refractivity contribution in [2.45, 2.75) is 13.3 Å². The summed E-state index contributed by atoms with van der Waals surface area (Å²) in [6.45, 7) is 2.60. The fourth-order valence-corrected chi connectivity index (χ4v) is 2.08. The zero-order valence-corrected chi connectivity index (χ0v) is 13.0. The Hall–Kier alpha value is -2.82. The van der Waals surface area contributed by atoms with Crippen LogP contribution >= 0.6 is 0 Å². The number of nitrogens with one attached hydrogen (secondary N) is 2. The molecule has 0 aliphatic rings. The van der Waals surface area contributed by atoms with E-state index in [0.29, 0.717) is 24.4 Å². The Morgan fingerprint density at radius 2 is 1.83 bits per heavy atom. The highest BCUT2D eigenvalue weighted by Crippen LogP contribution is 2.11. The lowest BCUT2D eigenvalue weighted by atomic mass is 10.1. The SMILES string of the molecule is CCOC(=O)c1cccc(NC(=O)NCCc2ccccc2)c1. The summed E-state index contributed by atoms with van der Waals surface area (Å²) in [5, 5.41) is 5.49. The van der Waals surface area contributed by atoms with Gasteiger partial charge in [0.2, 0.25) is 0 Å². The molecule has 0 saturated carbocycles. The Morgan fingerprint density at radius 1 is 1.04 bits per heavy atom. The maximum absolute atomic E-state index is 11.9. The van der Waals surface area contributed by atoms with E-state index >= 15 is 0 Å². The second-order valence-electron chi connectivity index (χ2n) is 4.92. The van der Waals surface area contributed by atoms with Crippen molar-refractivity contribution in [2.75, 3.05) is 18.5 Å². The minimum Gasteiger partial charge on any atom is -0.462 e. The lowest BCUT2D eigenvalue weighted by molar-refractivity contribution is 0.0526. The quantitative estimate of drug-likeness (QED) is 0.805. The van der Waals surface area contributed by atoms with Crippen LogP contribution in [0.1, 0.15) is 22.8 Å². The highest BCUT2D eigenvalue weighted by Gasteiger charge is 2.08. The third-order valence-electron chi connectivity index (χ3n) is 3.17. The van der Waals surface area contributed by atoms with E-state index in [-0.39, 0.29) is 6.03 Å². The lowest BCUT2D eigenvalue weighted by Crippen LogP contribution is -2.30. The van der Waals surface area contributed by atoms with E-state index in [1.165, 1.54) is 0 Å². The number of carbonyl (C=O) groups is 2. The second-order valence-corrected chi connectivity index (χ2v) is 4.92. The number of esters is 1. The van der Waals surface area contributed by atoms with Gasteiger partial charge in [-0.2, -0.15) is 0 Å². The van der Waals surface area contributed by atoms with Gasteiger partial charge in [0.1, 0.15) is 0 Å². The van der Waals surface area contributed by atoms with Crippen molar-refractivity contribution in [2.24, 2.45) is 0 Å². The van der Waals surface area contributed by atoms with Crippen LogP contribution in [-0.2, 0) is 11.2 Å². The van der Waals surface area contributed by atoms with Crippen LogP contribution in [0.15, 0.2) is 54.6 Å². The zero-order chi connectivity index (χ0) is 16.5. The summed E-state index contributed by atoms with van der Waals surface area (Å²) in [6.07, 6.45) is 0.761. The molecule has 0 heterocycles. The predicted molar refractivity (Wildman–Crippen MR) is 89.6 cm³/mol. The van der Waals surface area contributed by atoms with E-state index in [0.717, 1.165) is 12.0 Å². The van der Waals surface area contributed by atoms with Crippen molar-refractivity contribution >= 4 is 17.7 Å². The monoisotopic (exact) mass is 312 g/mol. The van der Waals surface area contributed by atoms with E-state index < -0.39 is 5.97 Å². The summed E-state index contributed by atoms with van der Waals surface area (Å²) in [5.74, 6) is -0.402. The van der Waals surface area contributed by atoms with E-state index in [2.05, 4.69) is 10.6 Å². The number of benzene rings is 2. The van der Waals surface area contributed by atoms with Crippen molar-refractivity contribution in [3.8, 4) is 0 Å².